The van der Waals surface area contributed by atoms with Crippen LogP contribution in [0.4, 0.5) is 0 Å². The van der Waals surface area contributed by atoms with Crippen LogP contribution in [0.5, 0.6) is 0 Å². The van der Waals surface area contributed by atoms with E-state index in [4.69, 9.17) is 9.47 Å². The van der Waals surface area contributed by atoms with Crippen LogP contribution in [-0.2, 0) is 16.0 Å². The summed E-state index contributed by atoms with van der Waals surface area (Å²) in [5, 5.41) is 13.0. The molecule has 0 aliphatic carbocycles. The van der Waals surface area contributed by atoms with E-state index in [1.165, 1.54) is 0 Å². The molecule has 0 saturated carbocycles. The highest BCUT2D eigenvalue weighted by Crippen LogP contribution is 2.11. The summed E-state index contributed by atoms with van der Waals surface area (Å²) >= 11 is 0. The molecule has 2 N–H and O–H groups in total. The minimum atomic E-state index is -0.444. The lowest BCUT2D eigenvalue weighted by molar-refractivity contribution is -0.0163. The second-order valence-electron chi connectivity index (χ2n) is 5.54. The Labute approximate surface area is 126 Å². The first kappa shape index (κ1) is 16.4. The largest absolute Gasteiger partial charge is 0.389 e. The zero-order valence-electron chi connectivity index (χ0n) is 12.6. The van der Waals surface area contributed by atoms with Crippen LogP contribution in [0.15, 0.2) is 18.7 Å². The van der Waals surface area contributed by atoms with Crippen molar-refractivity contribution in [1.29, 1.82) is 0 Å². The number of ether oxygens (including phenoxy) is 2. The van der Waals surface area contributed by atoms with Crippen LogP contribution in [0.1, 0.15) is 25.7 Å². The summed E-state index contributed by atoms with van der Waals surface area (Å²) in [6, 6.07) is 0. The van der Waals surface area contributed by atoms with Crippen LogP contribution in [0.3, 0.4) is 0 Å². The van der Waals surface area contributed by atoms with Crippen LogP contribution >= 0.6 is 0 Å². The average Bonchev–Trinajstić information content (AvgIpc) is 3.16. The highest BCUT2D eigenvalue weighted by molar-refractivity contribution is 4.73. The molecule has 1 aliphatic heterocycles. The van der Waals surface area contributed by atoms with Gasteiger partial charge in [0, 0.05) is 32.1 Å². The van der Waals surface area contributed by atoms with Crippen molar-refractivity contribution in [2.45, 2.75) is 44.4 Å². The van der Waals surface area contributed by atoms with Gasteiger partial charge in [0.25, 0.3) is 0 Å². The van der Waals surface area contributed by atoms with Crippen LogP contribution in [0, 0.1) is 0 Å². The number of nitrogens with one attached hydrogen (secondary N) is 1. The standard InChI is InChI=1S/C15H27N3O3/c19-14(11-20-12-15-4-3-9-21-15)10-16-5-1-2-7-18-8-6-17-13-18/h6,8,13-16,19H,1-5,7,9-12H2. The molecule has 1 fully saturated rings. The summed E-state index contributed by atoms with van der Waals surface area (Å²) in [6.07, 6.45) is 9.78. The summed E-state index contributed by atoms with van der Waals surface area (Å²) < 4.78 is 13.0. The molecule has 1 aliphatic rings. The summed E-state index contributed by atoms with van der Waals surface area (Å²) in [5.74, 6) is 0. The fourth-order valence-electron chi connectivity index (χ4n) is 2.40. The maximum Gasteiger partial charge on any atom is 0.0945 e. The van der Waals surface area contributed by atoms with E-state index in [0.29, 0.717) is 19.8 Å². The number of hydrogen-bond acceptors (Lipinski definition) is 5. The molecule has 120 valence electrons. The van der Waals surface area contributed by atoms with Crippen molar-refractivity contribution in [2.75, 3.05) is 32.9 Å². The summed E-state index contributed by atoms with van der Waals surface area (Å²) in [7, 11) is 0. The van der Waals surface area contributed by atoms with E-state index in [1.807, 2.05) is 12.5 Å². The molecule has 0 bridgehead atoms. The minimum Gasteiger partial charge on any atom is -0.389 e. The predicted octanol–water partition coefficient (Wildman–Crippen LogP) is 0.809. The van der Waals surface area contributed by atoms with Crippen molar-refractivity contribution in [2.24, 2.45) is 0 Å². The number of imidazole rings is 1. The number of rotatable bonds is 11. The van der Waals surface area contributed by atoms with Crippen molar-refractivity contribution in [3.8, 4) is 0 Å². The molecule has 0 radical (unpaired) electrons. The van der Waals surface area contributed by atoms with Crippen LogP contribution in [0.2, 0.25) is 0 Å². The first-order chi connectivity index (χ1) is 10.3. The van der Waals surface area contributed by atoms with Gasteiger partial charge in [0.05, 0.1) is 31.7 Å². The lowest BCUT2D eigenvalue weighted by Gasteiger charge is -2.14. The maximum absolute atomic E-state index is 9.79. The molecule has 1 saturated heterocycles. The average molecular weight is 297 g/mol. The molecule has 21 heavy (non-hydrogen) atoms. The third-order valence-electron chi connectivity index (χ3n) is 3.60. The Morgan fingerprint density at radius 2 is 2.43 bits per heavy atom. The van der Waals surface area contributed by atoms with E-state index in [-0.39, 0.29) is 6.10 Å². The van der Waals surface area contributed by atoms with Gasteiger partial charge >= 0.3 is 0 Å². The molecule has 2 unspecified atom stereocenters. The third kappa shape index (κ3) is 7.04. The van der Waals surface area contributed by atoms with Gasteiger partial charge in [0.2, 0.25) is 0 Å². The molecule has 6 heteroatoms. The van der Waals surface area contributed by atoms with E-state index in [2.05, 4.69) is 14.9 Å². The zero-order valence-corrected chi connectivity index (χ0v) is 12.6. The number of nitrogens with zero attached hydrogens (tertiary/aromatic N) is 2. The molecule has 0 spiro atoms. The Bertz CT molecular complexity index is 353. The number of aryl methyl sites for hydroxylation is 1. The van der Waals surface area contributed by atoms with Gasteiger partial charge in [0.15, 0.2) is 0 Å². The second-order valence-corrected chi connectivity index (χ2v) is 5.54. The molecule has 2 heterocycles. The van der Waals surface area contributed by atoms with E-state index >= 15 is 0 Å². The van der Waals surface area contributed by atoms with Gasteiger partial charge in [0.1, 0.15) is 0 Å². The third-order valence-corrected chi connectivity index (χ3v) is 3.60. The van der Waals surface area contributed by atoms with Crippen molar-refractivity contribution in [1.82, 2.24) is 14.9 Å². The Kier molecular flexibility index (Phi) is 7.73. The molecule has 1 aromatic rings. The summed E-state index contributed by atoms with van der Waals surface area (Å²) in [4.78, 5) is 4.01. The van der Waals surface area contributed by atoms with Gasteiger partial charge in [-0.3, -0.25) is 0 Å². The number of aromatic nitrogens is 2. The van der Waals surface area contributed by atoms with Crippen molar-refractivity contribution >= 4 is 0 Å². The summed E-state index contributed by atoms with van der Waals surface area (Å²) in [6.45, 7) is 4.31. The van der Waals surface area contributed by atoms with Crippen LogP contribution in [-0.4, -0.2) is 59.8 Å². The first-order valence-corrected chi connectivity index (χ1v) is 7.88. The maximum atomic E-state index is 9.79. The van der Waals surface area contributed by atoms with Gasteiger partial charge < -0.3 is 24.5 Å². The van der Waals surface area contributed by atoms with Crippen molar-refractivity contribution < 1.29 is 14.6 Å². The van der Waals surface area contributed by atoms with E-state index < -0.39 is 6.10 Å². The topological polar surface area (TPSA) is 68.5 Å². The monoisotopic (exact) mass is 297 g/mol. The SMILES string of the molecule is OC(CNCCCCn1ccnc1)COCC1CCCO1. The normalized spacial score (nSPS) is 20.0. The number of unbranched alkanes of at least 4 members (excludes halogenated alkanes) is 1. The van der Waals surface area contributed by atoms with Gasteiger partial charge in [-0.25, -0.2) is 4.98 Å². The second kappa shape index (κ2) is 9.89. The van der Waals surface area contributed by atoms with E-state index in [1.54, 1.807) is 6.20 Å². The van der Waals surface area contributed by atoms with Crippen LogP contribution < -0.4 is 5.32 Å². The lowest BCUT2D eigenvalue weighted by Crippen LogP contribution is -2.32. The van der Waals surface area contributed by atoms with Gasteiger partial charge in [-0.05, 0) is 32.2 Å². The lowest BCUT2D eigenvalue weighted by atomic mass is 10.2. The molecular weight excluding hydrogens is 270 g/mol. The van der Waals surface area contributed by atoms with Gasteiger partial charge in [-0.1, -0.05) is 0 Å². The first-order valence-electron chi connectivity index (χ1n) is 7.88. The Balaban J connectivity index is 1.37. The molecule has 1 aromatic heterocycles. The molecule has 6 nitrogen and oxygen atoms in total. The van der Waals surface area contributed by atoms with Gasteiger partial charge in [-0.15, -0.1) is 0 Å². The predicted molar refractivity (Wildman–Crippen MR) is 80.1 cm³/mol. The van der Waals surface area contributed by atoms with Crippen molar-refractivity contribution in [3.63, 3.8) is 0 Å². The molecule has 0 amide bonds. The Hall–Kier alpha value is -0.950. The summed E-state index contributed by atoms with van der Waals surface area (Å²) in [5.41, 5.74) is 0. The fourth-order valence-corrected chi connectivity index (χ4v) is 2.40. The number of hydrogen-bond donors (Lipinski definition) is 2. The van der Waals surface area contributed by atoms with E-state index in [0.717, 1.165) is 45.4 Å². The smallest absolute Gasteiger partial charge is 0.0945 e. The Morgan fingerprint density at radius 1 is 1.48 bits per heavy atom. The number of aliphatic hydroxyl groups is 1. The van der Waals surface area contributed by atoms with E-state index in [9.17, 15) is 5.11 Å². The van der Waals surface area contributed by atoms with Gasteiger partial charge in [-0.2, -0.15) is 0 Å². The van der Waals surface area contributed by atoms with Crippen molar-refractivity contribution in [3.05, 3.63) is 18.7 Å². The number of aliphatic hydroxyl groups excluding tert-OH is 1. The fraction of sp³-hybridized carbons (Fsp3) is 0.800. The zero-order chi connectivity index (χ0) is 14.8. The molecule has 2 rings (SSSR count). The molecule has 0 aromatic carbocycles. The highest BCUT2D eigenvalue weighted by atomic mass is 16.5. The minimum absolute atomic E-state index is 0.230. The Morgan fingerprint density at radius 3 is 3.19 bits per heavy atom. The quantitative estimate of drug-likeness (QED) is 0.592. The molecular formula is C15H27N3O3. The van der Waals surface area contributed by atoms with Crippen LogP contribution in [0.25, 0.3) is 0 Å². The highest BCUT2D eigenvalue weighted by Gasteiger charge is 2.15. The molecule has 2 atom stereocenters.